The van der Waals surface area contributed by atoms with E-state index in [1.54, 1.807) is 12.1 Å². The summed E-state index contributed by atoms with van der Waals surface area (Å²) in [7, 11) is 0. The van der Waals surface area contributed by atoms with Crippen LogP contribution in [0.3, 0.4) is 0 Å². The van der Waals surface area contributed by atoms with E-state index in [4.69, 9.17) is 4.74 Å². The lowest BCUT2D eigenvalue weighted by Gasteiger charge is -2.14. The topological polar surface area (TPSA) is 44.1 Å². The van der Waals surface area contributed by atoms with Crippen LogP contribution in [0, 0.1) is 0 Å². The molecule has 2 aromatic rings. The minimum Gasteiger partial charge on any atom is -0.426 e. The van der Waals surface area contributed by atoms with Crippen LogP contribution < -0.4 is 4.74 Å². The van der Waals surface area contributed by atoms with Gasteiger partial charge in [-0.05, 0) is 24.6 Å². The first kappa shape index (κ1) is 12.9. The van der Waals surface area contributed by atoms with E-state index < -0.39 is 0 Å². The molecule has 0 saturated heterocycles. The first-order chi connectivity index (χ1) is 9.54. The van der Waals surface area contributed by atoms with Crippen molar-refractivity contribution in [1.29, 1.82) is 0 Å². The first-order valence-electron chi connectivity index (χ1n) is 6.87. The maximum absolute atomic E-state index is 11.9. The Kier molecular flexibility index (Phi) is 3.08. The zero-order chi connectivity index (χ0) is 14.2. The van der Waals surface area contributed by atoms with E-state index in [-0.39, 0.29) is 17.8 Å². The minimum atomic E-state index is -0.272. The number of hydrogen-bond donors (Lipinski definition) is 0. The van der Waals surface area contributed by atoms with E-state index in [1.807, 2.05) is 28.9 Å². The normalized spacial score (nSPS) is 15.9. The molecular formula is C16H18N2O2. The number of rotatable bonds is 3. The van der Waals surface area contributed by atoms with Gasteiger partial charge in [-0.3, -0.25) is 9.48 Å². The van der Waals surface area contributed by atoms with E-state index in [1.165, 1.54) is 5.69 Å². The third kappa shape index (κ3) is 2.46. The molecule has 0 unspecified atom stereocenters. The van der Waals surface area contributed by atoms with Gasteiger partial charge in [0.1, 0.15) is 5.75 Å². The highest BCUT2D eigenvalue weighted by Crippen LogP contribution is 2.34. The molecule has 0 saturated carbocycles. The molecule has 0 amide bonds. The van der Waals surface area contributed by atoms with Crippen LogP contribution in [-0.4, -0.2) is 15.7 Å². The summed E-state index contributed by atoms with van der Waals surface area (Å²) in [4.78, 5) is 11.9. The third-order valence-corrected chi connectivity index (χ3v) is 3.77. The number of fused-ring (bicyclic) bond motifs is 1. The van der Waals surface area contributed by atoms with E-state index in [9.17, 15) is 4.79 Å². The molecule has 0 spiro atoms. The number of carbonyl (C=O) groups is 1. The van der Waals surface area contributed by atoms with Crippen molar-refractivity contribution in [2.45, 2.75) is 38.6 Å². The van der Waals surface area contributed by atoms with Crippen LogP contribution in [0.4, 0.5) is 0 Å². The molecule has 1 aromatic carbocycles. The summed E-state index contributed by atoms with van der Waals surface area (Å²) in [5.41, 5.74) is 2.14. The van der Waals surface area contributed by atoms with Crippen LogP contribution in [0.25, 0.3) is 0 Å². The van der Waals surface area contributed by atoms with E-state index in [0.29, 0.717) is 5.75 Å². The zero-order valence-corrected chi connectivity index (χ0v) is 11.8. The minimum absolute atomic E-state index is 0.147. The lowest BCUT2D eigenvalue weighted by Crippen LogP contribution is -2.13. The van der Waals surface area contributed by atoms with Crippen molar-refractivity contribution >= 4 is 5.97 Å². The standard InChI is InChI=1S/C16H18N2O2/c1-16(2)8-9-18-14(16)10-12(17-18)11-15(19)20-13-6-4-3-5-7-13/h3-7,10H,8-9,11H2,1-2H3. The van der Waals surface area contributed by atoms with Gasteiger partial charge in [0.25, 0.3) is 0 Å². The molecule has 104 valence electrons. The van der Waals surface area contributed by atoms with Crippen molar-refractivity contribution in [1.82, 2.24) is 9.78 Å². The van der Waals surface area contributed by atoms with Crippen LogP contribution in [0.5, 0.6) is 5.75 Å². The number of benzene rings is 1. The highest BCUT2D eigenvalue weighted by Gasteiger charge is 2.31. The van der Waals surface area contributed by atoms with Gasteiger partial charge in [-0.15, -0.1) is 0 Å². The first-order valence-corrected chi connectivity index (χ1v) is 6.87. The monoisotopic (exact) mass is 270 g/mol. The lowest BCUT2D eigenvalue weighted by atomic mass is 9.88. The molecule has 0 fully saturated rings. The summed E-state index contributed by atoms with van der Waals surface area (Å²) in [6.07, 6.45) is 1.31. The Morgan fingerprint density at radius 2 is 2.10 bits per heavy atom. The van der Waals surface area contributed by atoms with Gasteiger partial charge in [-0.25, -0.2) is 0 Å². The second-order valence-electron chi connectivity index (χ2n) is 5.84. The van der Waals surface area contributed by atoms with Gasteiger partial charge in [-0.1, -0.05) is 32.0 Å². The number of para-hydroxylation sites is 1. The number of ether oxygens (including phenoxy) is 1. The van der Waals surface area contributed by atoms with Crippen molar-refractivity contribution < 1.29 is 9.53 Å². The fourth-order valence-corrected chi connectivity index (χ4v) is 2.59. The predicted octanol–water partition coefficient (Wildman–Crippen LogP) is 2.71. The third-order valence-electron chi connectivity index (χ3n) is 3.77. The lowest BCUT2D eigenvalue weighted by molar-refractivity contribution is -0.133. The predicted molar refractivity (Wildman–Crippen MR) is 75.7 cm³/mol. The highest BCUT2D eigenvalue weighted by molar-refractivity contribution is 5.74. The van der Waals surface area contributed by atoms with Crippen molar-refractivity contribution in [3.05, 3.63) is 47.8 Å². The molecule has 4 nitrogen and oxygen atoms in total. The average Bonchev–Trinajstić information content (AvgIpc) is 2.92. The smallest absolute Gasteiger partial charge is 0.317 e. The van der Waals surface area contributed by atoms with Crippen LogP contribution in [0.2, 0.25) is 0 Å². The van der Waals surface area contributed by atoms with E-state index in [0.717, 1.165) is 18.7 Å². The SMILES string of the molecule is CC1(C)CCn2nc(CC(=O)Oc3ccccc3)cc21. The molecule has 3 rings (SSSR count). The maximum Gasteiger partial charge on any atom is 0.317 e. The molecule has 20 heavy (non-hydrogen) atoms. The Labute approximate surface area is 118 Å². The molecule has 0 N–H and O–H groups in total. The molecule has 1 aromatic heterocycles. The highest BCUT2D eigenvalue weighted by atomic mass is 16.5. The number of aromatic nitrogens is 2. The summed E-state index contributed by atoms with van der Waals surface area (Å²) in [5.74, 6) is 0.301. The Balaban J connectivity index is 1.69. The Bertz CT molecular complexity index is 629. The molecular weight excluding hydrogens is 252 g/mol. The molecule has 0 atom stereocenters. The number of esters is 1. The second kappa shape index (κ2) is 4.78. The largest absolute Gasteiger partial charge is 0.426 e. The molecule has 1 aliphatic rings. The fourth-order valence-electron chi connectivity index (χ4n) is 2.59. The fraction of sp³-hybridized carbons (Fsp3) is 0.375. The summed E-state index contributed by atoms with van der Waals surface area (Å²) < 4.78 is 7.29. The maximum atomic E-state index is 11.9. The van der Waals surface area contributed by atoms with Crippen LogP contribution in [-0.2, 0) is 23.2 Å². The van der Waals surface area contributed by atoms with Gasteiger partial charge in [0.2, 0.25) is 0 Å². The number of nitrogens with zero attached hydrogens (tertiary/aromatic N) is 2. The van der Waals surface area contributed by atoms with Gasteiger partial charge in [-0.2, -0.15) is 5.10 Å². The molecule has 2 heterocycles. The molecule has 0 aliphatic carbocycles. The number of aryl methyl sites for hydroxylation is 1. The number of carbonyl (C=O) groups excluding carboxylic acids is 1. The Hall–Kier alpha value is -2.10. The summed E-state index contributed by atoms with van der Waals surface area (Å²) in [6, 6.07) is 11.1. The summed E-state index contributed by atoms with van der Waals surface area (Å²) >= 11 is 0. The van der Waals surface area contributed by atoms with Crippen LogP contribution in [0.15, 0.2) is 36.4 Å². The van der Waals surface area contributed by atoms with Crippen molar-refractivity contribution in [3.8, 4) is 5.75 Å². The van der Waals surface area contributed by atoms with Gasteiger partial charge < -0.3 is 4.74 Å². The van der Waals surface area contributed by atoms with Gasteiger partial charge in [0.15, 0.2) is 0 Å². The Morgan fingerprint density at radius 1 is 1.35 bits per heavy atom. The second-order valence-corrected chi connectivity index (χ2v) is 5.84. The van der Waals surface area contributed by atoms with Gasteiger partial charge in [0, 0.05) is 17.7 Å². The van der Waals surface area contributed by atoms with Crippen molar-refractivity contribution in [2.75, 3.05) is 0 Å². The molecule has 1 aliphatic heterocycles. The summed E-state index contributed by atoms with van der Waals surface area (Å²) in [5, 5.41) is 4.48. The number of hydrogen-bond acceptors (Lipinski definition) is 3. The van der Waals surface area contributed by atoms with Crippen molar-refractivity contribution in [3.63, 3.8) is 0 Å². The molecule has 0 bridgehead atoms. The van der Waals surface area contributed by atoms with E-state index in [2.05, 4.69) is 18.9 Å². The Morgan fingerprint density at radius 3 is 2.80 bits per heavy atom. The summed E-state index contributed by atoms with van der Waals surface area (Å²) in [6.45, 7) is 5.34. The van der Waals surface area contributed by atoms with Gasteiger partial charge >= 0.3 is 5.97 Å². The van der Waals surface area contributed by atoms with Crippen LogP contribution >= 0.6 is 0 Å². The van der Waals surface area contributed by atoms with Crippen LogP contribution in [0.1, 0.15) is 31.7 Å². The molecule has 0 radical (unpaired) electrons. The average molecular weight is 270 g/mol. The zero-order valence-electron chi connectivity index (χ0n) is 11.8. The molecule has 4 heteroatoms. The quantitative estimate of drug-likeness (QED) is 0.636. The van der Waals surface area contributed by atoms with E-state index >= 15 is 0 Å². The van der Waals surface area contributed by atoms with Gasteiger partial charge in [0.05, 0.1) is 12.1 Å². The van der Waals surface area contributed by atoms with Crippen molar-refractivity contribution in [2.24, 2.45) is 0 Å².